The van der Waals surface area contributed by atoms with Crippen molar-refractivity contribution in [3.05, 3.63) is 16.6 Å². The number of carbonyl (C=O) groups is 1. The molecule has 1 N–H and O–H groups in total. The van der Waals surface area contributed by atoms with Crippen LogP contribution in [0.2, 0.25) is 0 Å². The maximum absolute atomic E-state index is 11.8. The monoisotopic (exact) mass is 240 g/mol. The predicted octanol–water partition coefficient (Wildman–Crippen LogP) is 3.09. The van der Waals surface area contributed by atoms with E-state index < -0.39 is 0 Å². The molecule has 3 nitrogen and oxygen atoms in total. The second kappa shape index (κ2) is 4.53. The van der Waals surface area contributed by atoms with Crippen LogP contribution in [0.25, 0.3) is 0 Å². The number of rotatable bonds is 3. The van der Waals surface area contributed by atoms with Crippen LogP contribution in [0.5, 0.6) is 0 Å². The Morgan fingerprint density at radius 2 is 2.00 bits per heavy atom. The molecule has 0 saturated carbocycles. The third kappa shape index (κ3) is 4.31. The molecule has 1 aromatic heterocycles. The van der Waals surface area contributed by atoms with Crippen LogP contribution in [0.1, 0.15) is 50.8 Å². The lowest BCUT2D eigenvalue weighted by Gasteiger charge is -2.33. The molecule has 4 heteroatoms. The highest BCUT2D eigenvalue weighted by molar-refractivity contribution is 7.11. The molecule has 0 unspecified atom stereocenters. The highest BCUT2D eigenvalue weighted by Gasteiger charge is 2.27. The third-order valence-corrected chi connectivity index (χ3v) is 2.82. The normalized spacial score (nSPS) is 12.6. The number of aromatic nitrogens is 1. The molecule has 0 bridgehead atoms. The molecule has 1 aromatic rings. The van der Waals surface area contributed by atoms with E-state index in [1.807, 2.05) is 19.2 Å². The molecule has 1 heterocycles. The first kappa shape index (κ1) is 13.2. The Labute approximate surface area is 101 Å². The smallest absolute Gasteiger partial charge is 0.280 e. The summed E-state index contributed by atoms with van der Waals surface area (Å²) in [6.45, 7) is 10.6. The van der Waals surface area contributed by atoms with Gasteiger partial charge >= 0.3 is 0 Å². The molecule has 0 saturated heterocycles. The summed E-state index contributed by atoms with van der Waals surface area (Å²) in [4.78, 5) is 15.8. The van der Waals surface area contributed by atoms with E-state index >= 15 is 0 Å². The lowest BCUT2D eigenvalue weighted by atomic mass is 9.82. The van der Waals surface area contributed by atoms with Gasteiger partial charge in [-0.2, -0.15) is 0 Å². The lowest BCUT2D eigenvalue weighted by Crippen LogP contribution is -2.45. The number of nitrogens with one attached hydrogen (secondary N) is 1. The molecule has 1 amide bonds. The van der Waals surface area contributed by atoms with Gasteiger partial charge in [0.15, 0.2) is 5.01 Å². The van der Waals surface area contributed by atoms with Crippen molar-refractivity contribution < 1.29 is 4.79 Å². The zero-order valence-corrected chi connectivity index (χ0v) is 11.4. The Kier molecular flexibility index (Phi) is 3.73. The second-order valence-corrected chi connectivity index (χ2v) is 6.81. The van der Waals surface area contributed by atoms with Crippen LogP contribution in [-0.2, 0) is 0 Å². The average Bonchev–Trinajstić information content (AvgIpc) is 2.48. The lowest BCUT2D eigenvalue weighted by molar-refractivity contribution is 0.0891. The summed E-state index contributed by atoms with van der Waals surface area (Å²) in [5.74, 6) is -0.0794. The van der Waals surface area contributed by atoms with Gasteiger partial charge in [-0.05, 0) is 25.7 Å². The van der Waals surface area contributed by atoms with E-state index in [4.69, 9.17) is 0 Å². The Morgan fingerprint density at radius 3 is 2.44 bits per heavy atom. The molecule has 0 spiro atoms. The van der Waals surface area contributed by atoms with Gasteiger partial charge in [-0.25, -0.2) is 4.98 Å². The topological polar surface area (TPSA) is 42.0 Å². The van der Waals surface area contributed by atoms with Crippen molar-refractivity contribution in [3.8, 4) is 0 Å². The maximum atomic E-state index is 11.8. The summed E-state index contributed by atoms with van der Waals surface area (Å²) in [6, 6.07) is 0. The van der Waals surface area contributed by atoms with Gasteiger partial charge in [-0.3, -0.25) is 4.79 Å². The Morgan fingerprint density at radius 1 is 1.38 bits per heavy atom. The van der Waals surface area contributed by atoms with Crippen LogP contribution >= 0.6 is 11.3 Å². The molecule has 90 valence electrons. The molecule has 1 rings (SSSR count). The predicted molar refractivity (Wildman–Crippen MR) is 67.7 cm³/mol. The van der Waals surface area contributed by atoms with E-state index in [1.54, 1.807) is 6.20 Å². The standard InChI is InChI=1S/C12H20N2OS/c1-11(2,3)8-12(4,5)14-9(15)10-13-6-7-16-10/h6-7H,8H2,1-5H3,(H,14,15). The first-order chi connectivity index (χ1) is 7.20. The van der Waals surface area contributed by atoms with Crippen molar-refractivity contribution in [3.63, 3.8) is 0 Å². The second-order valence-electron chi connectivity index (χ2n) is 5.91. The summed E-state index contributed by atoms with van der Waals surface area (Å²) in [5, 5.41) is 5.36. The average molecular weight is 240 g/mol. The number of amides is 1. The number of carbonyl (C=O) groups excluding carboxylic acids is 1. The molecule has 0 radical (unpaired) electrons. The third-order valence-electron chi connectivity index (χ3n) is 2.05. The van der Waals surface area contributed by atoms with Gasteiger partial charge in [0.2, 0.25) is 0 Å². The van der Waals surface area contributed by atoms with Gasteiger partial charge in [0.1, 0.15) is 0 Å². The van der Waals surface area contributed by atoms with E-state index in [0.717, 1.165) is 6.42 Å². The minimum absolute atomic E-state index is 0.0794. The van der Waals surface area contributed by atoms with Gasteiger partial charge in [0, 0.05) is 17.1 Å². The van der Waals surface area contributed by atoms with E-state index in [-0.39, 0.29) is 16.9 Å². The van der Waals surface area contributed by atoms with Crippen molar-refractivity contribution in [1.82, 2.24) is 10.3 Å². The minimum atomic E-state index is -0.207. The molecule has 0 aliphatic heterocycles. The van der Waals surface area contributed by atoms with Gasteiger partial charge in [-0.15, -0.1) is 11.3 Å². The fourth-order valence-corrected chi connectivity index (χ4v) is 2.60. The van der Waals surface area contributed by atoms with E-state index in [0.29, 0.717) is 5.01 Å². The largest absolute Gasteiger partial charge is 0.345 e. The van der Waals surface area contributed by atoms with Crippen molar-refractivity contribution >= 4 is 17.2 Å². The van der Waals surface area contributed by atoms with Crippen LogP contribution < -0.4 is 5.32 Å². The molecule has 0 fully saturated rings. The Balaban J connectivity index is 2.63. The fraction of sp³-hybridized carbons (Fsp3) is 0.667. The highest BCUT2D eigenvalue weighted by Crippen LogP contribution is 2.27. The van der Waals surface area contributed by atoms with Gasteiger partial charge < -0.3 is 5.32 Å². The van der Waals surface area contributed by atoms with Crippen LogP contribution in [-0.4, -0.2) is 16.4 Å². The first-order valence-corrected chi connectivity index (χ1v) is 6.30. The highest BCUT2D eigenvalue weighted by atomic mass is 32.1. The number of nitrogens with zero attached hydrogens (tertiary/aromatic N) is 1. The molecule has 0 aromatic carbocycles. The van der Waals surface area contributed by atoms with Gasteiger partial charge in [0.25, 0.3) is 5.91 Å². The number of hydrogen-bond acceptors (Lipinski definition) is 3. The van der Waals surface area contributed by atoms with Crippen molar-refractivity contribution in [2.75, 3.05) is 0 Å². The summed E-state index contributed by atoms with van der Waals surface area (Å²) in [7, 11) is 0. The molecule has 0 aliphatic rings. The summed E-state index contributed by atoms with van der Waals surface area (Å²) in [6.07, 6.45) is 2.58. The van der Waals surface area contributed by atoms with Crippen LogP contribution in [0.3, 0.4) is 0 Å². The minimum Gasteiger partial charge on any atom is -0.345 e. The summed E-state index contributed by atoms with van der Waals surface area (Å²) < 4.78 is 0. The van der Waals surface area contributed by atoms with Crippen LogP contribution in [0.4, 0.5) is 0 Å². The van der Waals surface area contributed by atoms with Gasteiger partial charge in [-0.1, -0.05) is 20.8 Å². The molecular formula is C12H20N2OS. The number of thiazole rings is 1. The van der Waals surface area contributed by atoms with Crippen LogP contribution in [0.15, 0.2) is 11.6 Å². The summed E-state index contributed by atoms with van der Waals surface area (Å²) >= 11 is 1.37. The van der Waals surface area contributed by atoms with E-state index in [2.05, 4.69) is 31.1 Å². The zero-order valence-electron chi connectivity index (χ0n) is 10.6. The van der Waals surface area contributed by atoms with Crippen molar-refractivity contribution in [1.29, 1.82) is 0 Å². The zero-order chi connectivity index (χ0) is 12.4. The van der Waals surface area contributed by atoms with E-state index in [1.165, 1.54) is 11.3 Å². The molecule has 0 aliphatic carbocycles. The first-order valence-electron chi connectivity index (χ1n) is 5.42. The van der Waals surface area contributed by atoms with E-state index in [9.17, 15) is 4.79 Å². The van der Waals surface area contributed by atoms with Crippen molar-refractivity contribution in [2.24, 2.45) is 5.41 Å². The molecule has 0 atom stereocenters. The number of hydrogen-bond donors (Lipinski definition) is 1. The maximum Gasteiger partial charge on any atom is 0.280 e. The Hall–Kier alpha value is -0.900. The summed E-state index contributed by atoms with van der Waals surface area (Å²) in [5.41, 5.74) is -0.0132. The van der Waals surface area contributed by atoms with Gasteiger partial charge in [0.05, 0.1) is 0 Å². The quantitative estimate of drug-likeness (QED) is 0.882. The fourth-order valence-electron chi connectivity index (χ4n) is 2.07. The van der Waals surface area contributed by atoms with Crippen molar-refractivity contribution in [2.45, 2.75) is 46.6 Å². The SMILES string of the molecule is CC(C)(C)CC(C)(C)NC(=O)c1nccs1. The molecular weight excluding hydrogens is 220 g/mol. The van der Waals surface area contributed by atoms with Crippen LogP contribution in [0, 0.1) is 5.41 Å². The Bertz CT molecular complexity index is 350. The molecule has 16 heavy (non-hydrogen) atoms.